The molecule has 1 heterocycles. The number of rotatable bonds is 5. The van der Waals surface area contributed by atoms with Crippen molar-refractivity contribution in [2.75, 3.05) is 19.6 Å². The molecule has 1 saturated heterocycles. The van der Waals surface area contributed by atoms with E-state index in [4.69, 9.17) is 0 Å². The second-order valence-electron chi connectivity index (χ2n) is 6.02. The highest BCUT2D eigenvalue weighted by Gasteiger charge is 2.43. The van der Waals surface area contributed by atoms with Gasteiger partial charge in [0.2, 0.25) is 0 Å². The van der Waals surface area contributed by atoms with Crippen LogP contribution in [0, 0.1) is 5.41 Å². The molecule has 0 radical (unpaired) electrons. The van der Waals surface area contributed by atoms with E-state index < -0.39 is 11.4 Å². The van der Waals surface area contributed by atoms with Crippen molar-refractivity contribution in [1.82, 2.24) is 9.80 Å². The molecular weight excluding hydrogens is 256 g/mol. The van der Waals surface area contributed by atoms with Crippen LogP contribution >= 0.6 is 0 Å². The Morgan fingerprint density at radius 2 is 2.00 bits per heavy atom. The minimum absolute atomic E-state index is 0.0241. The van der Waals surface area contributed by atoms with Gasteiger partial charge in [-0.15, -0.1) is 0 Å². The van der Waals surface area contributed by atoms with Crippen molar-refractivity contribution in [2.45, 2.75) is 59.4 Å². The first kappa shape index (κ1) is 16.8. The molecule has 5 heteroatoms. The molecule has 116 valence electrons. The van der Waals surface area contributed by atoms with Crippen LogP contribution < -0.4 is 0 Å². The molecule has 1 N–H and O–H groups in total. The van der Waals surface area contributed by atoms with E-state index >= 15 is 0 Å². The Kier molecular flexibility index (Phi) is 5.84. The second-order valence-corrected chi connectivity index (χ2v) is 6.02. The highest BCUT2D eigenvalue weighted by atomic mass is 16.4. The van der Waals surface area contributed by atoms with Crippen LogP contribution in [0.2, 0.25) is 0 Å². The number of aliphatic carboxylic acids is 1. The number of likely N-dealkylation sites (tertiary alicyclic amines) is 1. The van der Waals surface area contributed by atoms with Crippen LogP contribution in [0.25, 0.3) is 0 Å². The predicted octanol–water partition coefficient (Wildman–Crippen LogP) is 2.80. The summed E-state index contributed by atoms with van der Waals surface area (Å²) in [5, 5.41) is 9.57. The van der Waals surface area contributed by atoms with Gasteiger partial charge in [0.05, 0.1) is 5.41 Å². The molecule has 0 aromatic rings. The molecule has 1 aliphatic heterocycles. The summed E-state index contributed by atoms with van der Waals surface area (Å²) in [7, 11) is 0. The van der Waals surface area contributed by atoms with Crippen molar-refractivity contribution in [3.05, 3.63) is 0 Å². The monoisotopic (exact) mass is 284 g/mol. The zero-order valence-electron chi connectivity index (χ0n) is 13.2. The molecule has 0 saturated carbocycles. The number of hydrogen-bond donors (Lipinski definition) is 1. The van der Waals surface area contributed by atoms with Crippen molar-refractivity contribution in [3.63, 3.8) is 0 Å². The van der Waals surface area contributed by atoms with Gasteiger partial charge >= 0.3 is 12.0 Å². The van der Waals surface area contributed by atoms with E-state index in [1.165, 1.54) is 0 Å². The molecule has 5 nitrogen and oxygen atoms in total. The van der Waals surface area contributed by atoms with Crippen LogP contribution in [-0.4, -0.2) is 52.6 Å². The third-order valence-corrected chi connectivity index (χ3v) is 4.24. The minimum atomic E-state index is -0.760. The van der Waals surface area contributed by atoms with Gasteiger partial charge in [0.1, 0.15) is 0 Å². The van der Waals surface area contributed by atoms with Gasteiger partial charge in [-0.2, -0.15) is 0 Å². The topological polar surface area (TPSA) is 60.9 Å². The Hall–Kier alpha value is -1.26. The average Bonchev–Trinajstić information content (AvgIpc) is 2.39. The first-order chi connectivity index (χ1) is 9.38. The van der Waals surface area contributed by atoms with Gasteiger partial charge in [0, 0.05) is 25.7 Å². The lowest BCUT2D eigenvalue weighted by molar-refractivity contribution is -0.152. The second kappa shape index (κ2) is 6.95. The number of carboxylic acids is 1. The van der Waals surface area contributed by atoms with Crippen molar-refractivity contribution in [3.8, 4) is 0 Å². The maximum atomic E-state index is 12.5. The molecule has 1 atom stereocenters. The molecule has 0 spiro atoms. The maximum Gasteiger partial charge on any atom is 0.320 e. The fraction of sp³-hybridized carbons (Fsp3) is 0.867. The predicted molar refractivity (Wildman–Crippen MR) is 78.7 cm³/mol. The molecule has 1 aliphatic rings. The van der Waals surface area contributed by atoms with Gasteiger partial charge in [-0.05, 0) is 40.0 Å². The van der Waals surface area contributed by atoms with Crippen LogP contribution in [0.15, 0.2) is 0 Å². The zero-order valence-corrected chi connectivity index (χ0v) is 13.2. The van der Waals surface area contributed by atoms with E-state index in [9.17, 15) is 14.7 Å². The Labute approximate surface area is 121 Å². The summed E-state index contributed by atoms with van der Waals surface area (Å²) in [4.78, 5) is 27.7. The molecule has 1 unspecified atom stereocenters. The highest BCUT2D eigenvalue weighted by Crippen LogP contribution is 2.35. The van der Waals surface area contributed by atoms with Crippen LogP contribution in [0.3, 0.4) is 0 Å². The smallest absolute Gasteiger partial charge is 0.320 e. The molecule has 0 aliphatic carbocycles. The Balaban J connectivity index is 2.87. The van der Waals surface area contributed by atoms with Crippen LogP contribution in [0.4, 0.5) is 4.79 Å². The van der Waals surface area contributed by atoms with E-state index in [0.717, 1.165) is 12.8 Å². The molecule has 1 rings (SSSR count). The van der Waals surface area contributed by atoms with Crippen LogP contribution in [0.1, 0.15) is 53.4 Å². The Morgan fingerprint density at radius 3 is 2.45 bits per heavy atom. The van der Waals surface area contributed by atoms with E-state index in [0.29, 0.717) is 32.5 Å². The Morgan fingerprint density at radius 1 is 1.35 bits per heavy atom. The highest BCUT2D eigenvalue weighted by molar-refractivity contribution is 5.79. The Bertz CT molecular complexity index is 353. The number of carbonyl (C=O) groups excluding carboxylic acids is 1. The summed E-state index contributed by atoms with van der Waals surface area (Å²) < 4.78 is 0. The van der Waals surface area contributed by atoms with Gasteiger partial charge in [-0.3, -0.25) is 4.79 Å². The standard InChI is InChI=1S/C15H28N2O3/c1-5-8-15(13(18)19)9-7-10-16(11-15)14(20)17(6-2)12(3)4/h12H,5-11H2,1-4H3,(H,18,19). The first-order valence-electron chi connectivity index (χ1n) is 7.67. The SMILES string of the molecule is CCCC1(C(=O)O)CCCN(C(=O)N(CC)C(C)C)C1. The molecule has 20 heavy (non-hydrogen) atoms. The molecule has 0 aromatic carbocycles. The van der Waals surface area contributed by atoms with Gasteiger partial charge in [-0.25, -0.2) is 4.79 Å². The molecule has 0 aromatic heterocycles. The molecule has 1 fully saturated rings. The van der Waals surface area contributed by atoms with E-state index in [2.05, 4.69) is 0 Å². The lowest BCUT2D eigenvalue weighted by Gasteiger charge is -2.42. The largest absolute Gasteiger partial charge is 0.481 e. The van der Waals surface area contributed by atoms with E-state index in [-0.39, 0.29) is 12.1 Å². The maximum absolute atomic E-state index is 12.5. The van der Waals surface area contributed by atoms with Crippen molar-refractivity contribution in [1.29, 1.82) is 0 Å². The summed E-state index contributed by atoms with van der Waals surface area (Å²) in [5.41, 5.74) is -0.751. The number of carboxylic acid groups (broad SMARTS) is 1. The molecular formula is C15H28N2O3. The van der Waals surface area contributed by atoms with Crippen LogP contribution in [-0.2, 0) is 4.79 Å². The van der Waals surface area contributed by atoms with Gasteiger partial charge in [-0.1, -0.05) is 13.3 Å². The number of carbonyl (C=O) groups is 2. The number of piperidine rings is 1. The zero-order chi connectivity index (χ0) is 15.3. The lowest BCUT2D eigenvalue weighted by Crippen LogP contribution is -2.54. The van der Waals surface area contributed by atoms with Crippen molar-refractivity contribution >= 4 is 12.0 Å². The summed E-state index contributed by atoms with van der Waals surface area (Å²) in [5.74, 6) is -0.760. The van der Waals surface area contributed by atoms with E-state index in [1.54, 1.807) is 9.80 Å². The first-order valence-corrected chi connectivity index (χ1v) is 7.67. The summed E-state index contributed by atoms with van der Waals surface area (Å²) in [6.07, 6.45) is 2.91. The minimum Gasteiger partial charge on any atom is -0.481 e. The number of urea groups is 1. The number of amides is 2. The number of nitrogens with zero attached hydrogens (tertiary/aromatic N) is 2. The average molecular weight is 284 g/mol. The molecule has 2 amide bonds. The summed E-state index contributed by atoms with van der Waals surface area (Å²) in [6, 6.07) is 0.115. The molecule has 0 bridgehead atoms. The van der Waals surface area contributed by atoms with Gasteiger partial charge in [0.25, 0.3) is 0 Å². The fourth-order valence-electron chi connectivity index (χ4n) is 3.16. The van der Waals surface area contributed by atoms with Crippen LogP contribution in [0.5, 0.6) is 0 Å². The fourth-order valence-corrected chi connectivity index (χ4v) is 3.16. The van der Waals surface area contributed by atoms with Gasteiger partial charge < -0.3 is 14.9 Å². The van der Waals surface area contributed by atoms with Gasteiger partial charge in [0.15, 0.2) is 0 Å². The normalized spacial score (nSPS) is 22.9. The number of hydrogen-bond acceptors (Lipinski definition) is 2. The third-order valence-electron chi connectivity index (χ3n) is 4.24. The summed E-state index contributed by atoms with van der Waals surface area (Å²) in [6.45, 7) is 9.60. The lowest BCUT2D eigenvalue weighted by atomic mass is 9.76. The van der Waals surface area contributed by atoms with Crippen molar-refractivity contribution in [2.24, 2.45) is 5.41 Å². The van der Waals surface area contributed by atoms with E-state index in [1.807, 2.05) is 27.7 Å². The third kappa shape index (κ3) is 3.44. The van der Waals surface area contributed by atoms with Crippen molar-refractivity contribution < 1.29 is 14.7 Å². The summed E-state index contributed by atoms with van der Waals surface area (Å²) >= 11 is 0. The quantitative estimate of drug-likeness (QED) is 0.844.